The van der Waals surface area contributed by atoms with E-state index in [4.69, 9.17) is 0 Å². The highest BCUT2D eigenvalue weighted by Gasteiger charge is 2.64. The zero-order chi connectivity index (χ0) is 44.5. The Kier molecular flexibility index (Phi) is 14.0. The second-order valence-corrected chi connectivity index (χ2v) is 26.4. The third kappa shape index (κ3) is 8.13. The van der Waals surface area contributed by atoms with Crippen molar-refractivity contribution in [1.29, 1.82) is 0 Å². The maximum atomic E-state index is 10.8. The number of allylic oxidation sites excluding steroid dienone is 5. The van der Waals surface area contributed by atoms with Gasteiger partial charge in [0.2, 0.25) is 0 Å². The summed E-state index contributed by atoms with van der Waals surface area (Å²) < 4.78 is 0. The van der Waals surface area contributed by atoms with Crippen LogP contribution in [0.3, 0.4) is 0 Å². The third-order valence-electron chi connectivity index (χ3n) is 23.0. The van der Waals surface area contributed by atoms with Crippen LogP contribution >= 0.6 is 0 Å². The number of aliphatic hydroxyl groups excluding tert-OH is 2. The van der Waals surface area contributed by atoms with Crippen molar-refractivity contribution in [2.75, 3.05) is 0 Å². The molecule has 0 unspecified atom stereocenters. The van der Waals surface area contributed by atoms with E-state index in [2.05, 4.69) is 109 Å². The molecule has 2 heteroatoms. The Bertz CT molecular complexity index is 1640. The van der Waals surface area contributed by atoms with E-state index in [1.807, 2.05) is 11.1 Å². The van der Waals surface area contributed by atoms with Gasteiger partial charge in [-0.1, -0.05) is 130 Å². The summed E-state index contributed by atoms with van der Waals surface area (Å²) in [5.41, 5.74) is 8.99. The largest absolute Gasteiger partial charge is 0.393 e. The Balaban J connectivity index is 0.000000184. The van der Waals surface area contributed by atoms with Gasteiger partial charge in [0.15, 0.2) is 0 Å². The predicted octanol–water partition coefficient (Wildman–Crippen LogP) is 16.5. The summed E-state index contributed by atoms with van der Waals surface area (Å²) in [5.74, 6) is 8.63. The van der Waals surface area contributed by atoms with Gasteiger partial charge in [-0.2, -0.15) is 0 Å². The first-order valence-electron chi connectivity index (χ1n) is 27.0. The summed E-state index contributed by atoms with van der Waals surface area (Å²) in [7, 11) is 0. The van der Waals surface area contributed by atoms with E-state index in [0.29, 0.717) is 33.0 Å². The Morgan fingerprint density at radius 1 is 0.705 bits per heavy atom. The lowest BCUT2D eigenvalue weighted by molar-refractivity contribution is -0.0962. The van der Waals surface area contributed by atoms with Gasteiger partial charge in [-0.05, 0) is 228 Å². The molecule has 8 rings (SSSR count). The summed E-state index contributed by atoms with van der Waals surface area (Å²) in [5, 5.41) is 21.1. The van der Waals surface area contributed by atoms with Crippen LogP contribution in [0, 0.1) is 91.7 Å². The maximum Gasteiger partial charge on any atom is 0.0594 e. The van der Waals surface area contributed by atoms with Crippen molar-refractivity contribution >= 4 is 0 Å². The fraction of sp³-hybridized carbons (Fsp3) is 0.898. The van der Waals surface area contributed by atoms with Gasteiger partial charge in [-0.25, -0.2) is 0 Å². The lowest BCUT2D eigenvalue weighted by Gasteiger charge is -2.62. The van der Waals surface area contributed by atoms with Crippen LogP contribution in [0.25, 0.3) is 0 Å². The van der Waals surface area contributed by atoms with Crippen LogP contribution in [-0.4, -0.2) is 22.4 Å². The molecule has 0 spiro atoms. The standard InChI is InChI=1S/C30H50O.C29H50O/c1-20(2)10-9-11-21(3)22-14-18-30(8)24-12-13-25-27(4,5)26(31)16-17-28(25,6)23(24)15-19-29(22,30)7;1-7-21(19(2)3)9-8-20(4)25-12-13-26-24-11-10-22-18-23(30)14-16-28(22,5)27(24)15-17-29(25,26)6/h10,21-22,25-26,31H,9,11-19H2,1-8H3;10,19-21,23-27,30H,7-9,11-18H2,1-6H3/t21-,22-,25+,26+,28-,29-,30+;20-,21-,23+,24+,25-,26+,27+,28+,29-/m11/s1. The molecule has 5 saturated carbocycles. The van der Waals surface area contributed by atoms with E-state index in [0.717, 1.165) is 72.5 Å². The Labute approximate surface area is 378 Å². The highest BCUT2D eigenvalue weighted by atomic mass is 16.3. The first-order chi connectivity index (χ1) is 28.6. The molecular formula is C59H100O2. The first-order valence-corrected chi connectivity index (χ1v) is 27.0. The highest BCUT2D eigenvalue weighted by molar-refractivity contribution is 5.39. The topological polar surface area (TPSA) is 40.5 Å². The molecule has 348 valence electrons. The Morgan fingerprint density at radius 3 is 2.10 bits per heavy atom. The van der Waals surface area contributed by atoms with Crippen LogP contribution in [0.15, 0.2) is 34.4 Å². The van der Waals surface area contributed by atoms with E-state index in [9.17, 15) is 10.2 Å². The molecule has 0 aromatic heterocycles. The molecule has 0 heterocycles. The summed E-state index contributed by atoms with van der Waals surface area (Å²) in [6, 6.07) is 0. The molecule has 16 atom stereocenters. The summed E-state index contributed by atoms with van der Waals surface area (Å²) in [6.45, 7) is 34.7. The average molecular weight is 841 g/mol. The molecule has 0 amide bonds. The van der Waals surface area contributed by atoms with Crippen molar-refractivity contribution in [3.63, 3.8) is 0 Å². The van der Waals surface area contributed by atoms with E-state index in [1.165, 1.54) is 121 Å². The van der Waals surface area contributed by atoms with Crippen molar-refractivity contribution in [1.82, 2.24) is 0 Å². The normalized spacial score (nSPS) is 45.1. The molecule has 0 saturated heterocycles. The average Bonchev–Trinajstić information content (AvgIpc) is 3.70. The number of hydrogen-bond donors (Lipinski definition) is 2. The molecule has 2 N–H and O–H groups in total. The van der Waals surface area contributed by atoms with E-state index in [-0.39, 0.29) is 17.6 Å². The Morgan fingerprint density at radius 2 is 1.41 bits per heavy atom. The van der Waals surface area contributed by atoms with Gasteiger partial charge in [0, 0.05) is 0 Å². The van der Waals surface area contributed by atoms with Gasteiger partial charge in [-0.3, -0.25) is 0 Å². The molecule has 0 aliphatic heterocycles. The first kappa shape index (κ1) is 48.1. The summed E-state index contributed by atoms with van der Waals surface area (Å²) in [6.07, 6.45) is 32.3. The molecule has 5 fully saturated rings. The van der Waals surface area contributed by atoms with Crippen LogP contribution in [0.4, 0.5) is 0 Å². The molecule has 0 bridgehead atoms. The van der Waals surface area contributed by atoms with Gasteiger partial charge in [0.05, 0.1) is 12.2 Å². The van der Waals surface area contributed by atoms with Gasteiger partial charge in [0.1, 0.15) is 0 Å². The highest BCUT2D eigenvalue weighted by Crippen LogP contribution is 2.73. The van der Waals surface area contributed by atoms with Gasteiger partial charge >= 0.3 is 0 Å². The lowest BCUT2D eigenvalue weighted by Crippen LogP contribution is -2.55. The van der Waals surface area contributed by atoms with Crippen molar-refractivity contribution in [2.24, 2.45) is 91.7 Å². The van der Waals surface area contributed by atoms with E-state index in [1.54, 1.807) is 5.57 Å². The molecule has 2 nitrogen and oxygen atoms in total. The van der Waals surface area contributed by atoms with Gasteiger partial charge in [-0.15, -0.1) is 0 Å². The van der Waals surface area contributed by atoms with Crippen molar-refractivity contribution < 1.29 is 10.2 Å². The molecule has 8 aliphatic rings. The second-order valence-electron chi connectivity index (χ2n) is 26.4. The molecular weight excluding hydrogens is 741 g/mol. The Hall–Kier alpha value is -0.860. The molecule has 0 radical (unpaired) electrons. The molecule has 8 aliphatic carbocycles. The van der Waals surface area contributed by atoms with Crippen LogP contribution < -0.4 is 0 Å². The summed E-state index contributed by atoms with van der Waals surface area (Å²) in [4.78, 5) is 0. The van der Waals surface area contributed by atoms with E-state index >= 15 is 0 Å². The van der Waals surface area contributed by atoms with Crippen LogP contribution in [0.5, 0.6) is 0 Å². The molecule has 61 heavy (non-hydrogen) atoms. The van der Waals surface area contributed by atoms with Crippen molar-refractivity contribution in [2.45, 2.75) is 244 Å². The maximum absolute atomic E-state index is 10.8. The zero-order valence-corrected chi connectivity index (χ0v) is 42.8. The number of fused-ring (bicyclic) bond motifs is 9. The van der Waals surface area contributed by atoms with Gasteiger partial charge in [0.25, 0.3) is 0 Å². The van der Waals surface area contributed by atoms with Crippen molar-refractivity contribution in [3.8, 4) is 0 Å². The molecule has 0 aromatic carbocycles. The second kappa shape index (κ2) is 17.7. The van der Waals surface area contributed by atoms with Crippen molar-refractivity contribution in [3.05, 3.63) is 34.4 Å². The fourth-order valence-electron chi connectivity index (χ4n) is 18.8. The number of aliphatic hydroxyl groups is 2. The molecule has 0 aromatic rings. The zero-order valence-electron chi connectivity index (χ0n) is 42.8. The minimum Gasteiger partial charge on any atom is -0.393 e. The smallest absolute Gasteiger partial charge is 0.0594 e. The SMILES string of the molecule is CC(C)=CCC[C@@H](C)[C@H]1CC[C@@]2(C)C3=C(CC[C@]12C)[C@@]1(C)CC[C@H](O)C(C)(C)[C@@H]1CC3.CC[C@H](CC[C@@H](C)[C@H]1CC[C@H]2[C@@H]3CC=C4C[C@@H](O)CC[C@]4(C)[C@H]3CC[C@]12C)C(C)C. The van der Waals surface area contributed by atoms with E-state index < -0.39 is 0 Å². The monoisotopic (exact) mass is 841 g/mol. The quantitative estimate of drug-likeness (QED) is 0.215. The van der Waals surface area contributed by atoms with Crippen LogP contribution in [0.2, 0.25) is 0 Å². The van der Waals surface area contributed by atoms with Gasteiger partial charge < -0.3 is 10.2 Å². The minimum atomic E-state index is -0.130. The number of rotatable bonds is 10. The van der Waals surface area contributed by atoms with Crippen LogP contribution in [0.1, 0.15) is 232 Å². The lowest BCUT2D eigenvalue weighted by atomic mass is 9.43. The number of hydrogen-bond acceptors (Lipinski definition) is 2. The third-order valence-corrected chi connectivity index (χ3v) is 23.0. The fourth-order valence-corrected chi connectivity index (χ4v) is 18.8. The van der Waals surface area contributed by atoms with Crippen LogP contribution in [-0.2, 0) is 0 Å². The summed E-state index contributed by atoms with van der Waals surface area (Å²) >= 11 is 0. The predicted molar refractivity (Wildman–Crippen MR) is 261 cm³/mol. The minimum absolute atomic E-state index is 0.0465.